The molecule has 0 radical (unpaired) electrons. The third kappa shape index (κ3) is 13.5. The highest BCUT2D eigenvalue weighted by Gasteiger charge is 2.15. The Kier molecular flexibility index (Phi) is 18.3. The van der Waals surface area contributed by atoms with Crippen LogP contribution in [0, 0.1) is 0 Å². The maximum absolute atomic E-state index is 2.53. The third-order valence-electron chi connectivity index (χ3n) is 6.60. The van der Waals surface area contributed by atoms with Gasteiger partial charge in [0, 0.05) is 6.42 Å². The van der Waals surface area contributed by atoms with Crippen molar-refractivity contribution in [3.05, 3.63) is 18.2 Å². The summed E-state index contributed by atoms with van der Waals surface area (Å²) in [5, 5.41) is 0. The molecule has 2 nitrogen and oxygen atoms in total. The summed E-state index contributed by atoms with van der Waals surface area (Å²) in [5.41, 5.74) is 0. The van der Waals surface area contributed by atoms with Crippen LogP contribution in [0.25, 0.3) is 0 Å². The number of hydrogen-bond donors (Lipinski definition) is 0. The summed E-state index contributed by atoms with van der Waals surface area (Å²) in [6, 6.07) is 0. The third-order valence-corrected chi connectivity index (χ3v) is 6.60. The normalized spacial score (nSPS) is 11.4. The molecule has 0 saturated heterocycles. The second kappa shape index (κ2) is 20.1. The molecule has 0 aliphatic carbocycles. The van der Waals surface area contributed by atoms with Crippen molar-refractivity contribution in [1.82, 2.24) is 4.57 Å². The van der Waals surface area contributed by atoms with E-state index >= 15 is 0 Å². The molecule has 0 spiro atoms. The summed E-state index contributed by atoms with van der Waals surface area (Å²) in [6.07, 6.45) is 32.7. The Balaban J connectivity index is 2.03. The lowest BCUT2D eigenvalue weighted by Gasteiger charge is -2.06. The molecular weight excluding hydrogens is 364 g/mol. The van der Waals surface area contributed by atoms with Crippen LogP contribution >= 0.6 is 0 Å². The van der Waals surface area contributed by atoms with Crippen LogP contribution in [0.3, 0.4) is 0 Å². The molecule has 30 heavy (non-hydrogen) atoms. The van der Waals surface area contributed by atoms with Gasteiger partial charge < -0.3 is 0 Å². The molecular formula is C28H55N2+. The Hall–Kier alpha value is -0.790. The lowest BCUT2D eigenvalue weighted by atomic mass is 10.0. The van der Waals surface area contributed by atoms with Crippen molar-refractivity contribution in [3.63, 3.8) is 0 Å². The van der Waals surface area contributed by atoms with Gasteiger partial charge in [0.05, 0.1) is 13.1 Å². The van der Waals surface area contributed by atoms with Gasteiger partial charge in [-0.1, -0.05) is 124 Å². The zero-order chi connectivity index (χ0) is 21.7. The minimum atomic E-state index is 1.20. The molecule has 0 aliphatic rings. The van der Waals surface area contributed by atoms with E-state index in [-0.39, 0.29) is 0 Å². The SMILES string of the molecule is CCCCCCCCCCCCCCCCCc1n(CCCC)cc[n+]1CCCC. The first-order chi connectivity index (χ1) is 14.8. The van der Waals surface area contributed by atoms with E-state index in [9.17, 15) is 0 Å². The topological polar surface area (TPSA) is 8.81 Å². The molecule has 0 aromatic carbocycles. The Bertz CT molecular complexity index is 451. The average molecular weight is 420 g/mol. The Labute approximate surface area is 189 Å². The van der Waals surface area contributed by atoms with Crippen molar-refractivity contribution in [1.29, 1.82) is 0 Å². The van der Waals surface area contributed by atoms with Gasteiger partial charge in [-0.25, -0.2) is 9.13 Å². The van der Waals surface area contributed by atoms with Gasteiger partial charge in [0.15, 0.2) is 0 Å². The highest BCUT2D eigenvalue weighted by molar-refractivity contribution is 4.84. The summed E-state index contributed by atoms with van der Waals surface area (Å²) >= 11 is 0. The first kappa shape index (κ1) is 27.2. The van der Waals surface area contributed by atoms with Crippen LogP contribution in [-0.2, 0) is 19.5 Å². The van der Waals surface area contributed by atoms with Crippen molar-refractivity contribution in [2.75, 3.05) is 0 Å². The van der Waals surface area contributed by atoms with Crippen molar-refractivity contribution < 1.29 is 4.57 Å². The first-order valence-corrected chi connectivity index (χ1v) is 13.9. The minimum Gasteiger partial charge on any atom is -0.234 e. The van der Waals surface area contributed by atoms with E-state index in [0.717, 1.165) is 0 Å². The number of aromatic nitrogens is 2. The van der Waals surface area contributed by atoms with Crippen LogP contribution in [0.5, 0.6) is 0 Å². The van der Waals surface area contributed by atoms with Gasteiger partial charge in [-0.15, -0.1) is 0 Å². The van der Waals surface area contributed by atoms with E-state index in [0.29, 0.717) is 0 Å². The molecule has 1 aromatic rings. The lowest BCUT2D eigenvalue weighted by molar-refractivity contribution is -0.704. The molecule has 176 valence electrons. The van der Waals surface area contributed by atoms with Gasteiger partial charge >= 0.3 is 0 Å². The molecule has 0 unspecified atom stereocenters. The van der Waals surface area contributed by atoms with Crippen LogP contribution in [-0.4, -0.2) is 4.57 Å². The largest absolute Gasteiger partial charge is 0.256 e. The van der Waals surface area contributed by atoms with E-state index in [1.165, 1.54) is 142 Å². The summed E-state index contributed by atoms with van der Waals surface area (Å²) in [4.78, 5) is 0. The van der Waals surface area contributed by atoms with Crippen LogP contribution in [0.2, 0.25) is 0 Å². The predicted molar refractivity (Wildman–Crippen MR) is 133 cm³/mol. The Morgan fingerprint density at radius 3 is 1.53 bits per heavy atom. The van der Waals surface area contributed by atoms with Gasteiger partial charge in [-0.3, -0.25) is 0 Å². The molecule has 0 aliphatic heterocycles. The smallest absolute Gasteiger partial charge is 0.234 e. The zero-order valence-corrected chi connectivity index (χ0v) is 21.1. The maximum Gasteiger partial charge on any atom is 0.256 e. The maximum atomic E-state index is 2.53. The number of aryl methyl sites for hydroxylation is 2. The molecule has 2 heteroatoms. The number of nitrogens with zero attached hydrogens (tertiary/aromatic N) is 2. The fraction of sp³-hybridized carbons (Fsp3) is 0.893. The molecule has 0 fully saturated rings. The summed E-state index contributed by atoms with van der Waals surface area (Å²) < 4.78 is 5.06. The highest BCUT2D eigenvalue weighted by Crippen LogP contribution is 2.14. The monoisotopic (exact) mass is 419 g/mol. The standard InChI is InChI=1S/C28H55N2/c1-4-7-10-11-12-13-14-15-16-17-18-19-20-21-22-23-28-29(24-8-5-2)26-27-30(28)25-9-6-3/h26-27H,4-25H2,1-3H3/q+1. The first-order valence-electron chi connectivity index (χ1n) is 13.9. The molecule has 0 amide bonds. The number of rotatable bonds is 22. The van der Waals surface area contributed by atoms with Gasteiger partial charge in [0.2, 0.25) is 0 Å². The Morgan fingerprint density at radius 2 is 1.03 bits per heavy atom. The molecule has 1 heterocycles. The van der Waals surface area contributed by atoms with Gasteiger partial charge in [0.25, 0.3) is 5.82 Å². The van der Waals surface area contributed by atoms with Gasteiger partial charge in [-0.05, 0) is 19.3 Å². The molecule has 0 bridgehead atoms. The van der Waals surface area contributed by atoms with Crippen LogP contribution < -0.4 is 4.57 Å². The van der Waals surface area contributed by atoms with E-state index in [2.05, 4.69) is 42.3 Å². The number of hydrogen-bond acceptors (Lipinski definition) is 0. The predicted octanol–water partition coefficient (Wildman–Crippen LogP) is 8.79. The van der Waals surface area contributed by atoms with Crippen LogP contribution in [0.15, 0.2) is 12.4 Å². The Morgan fingerprint density at radius 1 is 0.567 bits per heavy atom. The van der Waals surface area contributed by atoms with E-state index in [4.69, 9.17) is 0 Å². The van der Waals surface area contributed by atoms with Gasteiger partial charge in [-0.2, -0.15) is 0 Å². The van der Waals surface area contributed by atoms with Crippen LogP contribution in [0.1, 0.15) is 149 Å². The zero-order valence-electron chi connectivity index (χ0n) is 21.1. The summed E-state index contributed by atoms with van der Waals surface area (Å²) in [5.74, 6) is 1.58. The molecule has 1 rings (SSSR count). The minimum absolute atomic E-state index is 1.20. The van der Waals surface area contributed by atoms with E-state index in [1.54, 1.807) is 5.82 Å². The fourth-order valence-corrected chi connectivity index (χ4v) is 4.50. The van der Waals surface area contributed by atoms with E-state index < -0.39 is 0 Å². The molecule has 1 aromatic heterocycles. The highest BCUT2D eigenvalue weighted by atomic mass is 15.1. The lowest BCUT2D eigenvalue weighted by Crippen LogP contribution is -2.37. The number of unbranched alkanes of at least 4 members (excludes halogenated alkanes) is 16. The van der Waals surface area contributed by atoms with Crippen molar-refractivity contribution in [2.45, 2.75) is 162 Å². The summed E-state index contributed by atoms with van der Waals surface area (Å²) in [7, 11) is 0. The van der Waals surface area contributed by atoms with E-state index in [1.807, 2.05) is 0 Å². The summed E-state index contributed by atoms with van der Waals surface area (Å²) in [6.45, 7) is 9.29. The van der Waals surface area contributed by atoms with Gasteiger partial charge in [0.1, 0.15) is 12.4 Å². The molecule has 0 atom stereocenters. The van der Waals surface area contributed by atoms with Crippen molar-refractivity contribution in [2.24, 2.45) is 0 Å². The van der Waals surface area contributed by atoms with Crippen molar-refractivity contribution in [3.8, 4) is 0 Å². The van der Waals surface area contributed by atoms with Crippen molar-refractivity contribution >= 4 is 0 Å². The second-order valence-corrected chi connectivity index (χ2v) is 9.51. The molecule has 0 saturated carbocycles. The fourth-order valence-electron chi connectivity index (χ4n) is 4.50. The van der Waals surface area contributed by atoms with Crippen LogP contribution in [0.4, 0.5) is 0 Å². The second-order valence-electron chi connectivity index (χ2n) is 9.51. The quantitative estimate of drug-likeness (QED) is 0.131. The number of imidazole rings is 1. The molecule has 0 N–H and O–H groups in total. The average Bonchev–Trinajstić information content (AvgIpc) is 3.14.